The monoisotopic (exact) mass is 155 g/mol. The minimum Gasteiger partial charge on any atom is -0.261 e. The largest absolute Gasteiger partial charge is 0.356 e. The maximum Gasteiger partial charge on any atom is 0.356 e. The molecule has 0 radical (unpaired) electrons. The fraction of sp³-hybridized carbons (Fsp3) is 0.667. The van der Waals surface area contributed by atoms with Gasteiger partial charge in [-0.2, -0.15) is 0 Å². The molecule has 0 bridgehead atoms. The highest BCUT2D eigenvalue weighted by atomic mass is 16.2. The van der Waals surface area contributed by atoms with E-state index in [1.807, 2.05) is 6.92 Å². The summed E-state index contributed by atoms with van der Waals surface area (Å²) in [7, 11) is 0. The number of carbonyl (C=O) groups excluding carboxylic acids is 2. The number of carbonyl (C=O) groups is 2. The topological polar surface area (TPSA) is 62.1 Å². The summed E-state index contributed by atoms with van der Waals surface area (Å²) in [6.45, 7) is 2.49. The molecule has 0 aromatic rings. The summed E-state index contributed by atoms with van der Waals surface area (Å²) in [5.41, 5.74) is 0. The molecule has 2 amide bonds. The van der Waals surface area contributed by atoms with Gasteiger partial charge in [-0.25, -0.2) is 5.01 Å². The van der Waals surface area contributed by atoms with Crippen molar-refractivity contribution in [3.63, 3.8) is 0 Å². The van der Waals surface area contributed by atoms with Gasteiger partial charge in [0.1, 0.15) is 0 Å². The van der Waals surface area contributed by atoms with E-state index < -0.39 is 11.8 Å². The molecule has 0 saturated carbocycles. The molecule has 0 aromatic carbocycles. The molecule has 0 saturated heterocycles. The minimum atomic E-state index is -0.763. The lowest BCUT2D eigenvalue weighted by molar-refractivity contribution is -0.141. The van der Waals surface area contributed by atoms with Gasteiger partial charge in [0.2, 0.25) is 0 Å². The van der Waals surface area contributed by atoms with Crippen molar-refractivity contribution >= 4 is 11.8 Å². The average Bonchev–Trinajstić information content (AvgIpc) is 2.31. The number of hydrogen-bond donors (Lipinski definition) is 0. The second-order valence-corrected chi connectivity index (χ2v) is 2.28. The first-order valence-electron chi connectivity index (χ1n) is 3.53. The van der Waals surface area contributed by atoms with Crippen molar-refractivity contribution in [2.45, 2.75) is 19.8 Å². The Bertz CT molecular complexity index is 212. The first-order valence-corrected chi connectivity index (χ1v) is 3.53. The van der Waals surface area contributed by atoms with E-state index in [0.717, 1.165) is 17.9 Å². The average molecular weight is 155 g/mol. The van der Waals surface area contributed by atoms with Gasteiger partial charge in [-0.15, -0.1) is 0 Å². The summed E-state index contributed by atoms with van der Waals surface area (Å²) < 4.78 is 0. The van der Waals surface area contributed by atoms with Gasteiger partial charge in [-0.05, 0) is 6.42 Å². The van der Waals surface area contributed by atoms with Crippen molar-refractivity contribution in [1.29, 1.82) is 0 Å². The molecule has 60 valence electrons. The lowest BCUT2D eigenvalue weighted by Gasteiger charge is -2.05. The van der Waals surface area contributed by atoms with Crippen LogP contribution < -0.4 is 0 Å². The highest BCUT2D eigenvalue weighted by molar-refractivity contribution is 6.36. The maximum absolute atomic E-state index is 10.8. The van der Waals surface area contributed by atoms with Crippen molar-refractivity contribution < 1.29 is 9.59 Å². The van der Waals surface area contributed by atoms with E-state index in [1.165, 1.54) is 0 Å². The molecule has 1 aliphatic heterocycles. The molecule has 1 aliphatic rings. The quantitative estimate of drug-likeness (QED) is 0.558. The Labute approximate surface area is 64.1 Å². The summed E-state index contributed by atoms with van der Waals surface area (Å²) >= 11 is 0. The van der Waals surface area contributed by atoms with Crippen LogP contribution in [0, 0.1) is 0 Å². The molecule has 0 N–H and O–H groups in total. The third kappa shape index (κ3) is 1.60. The number of unbranched alkanes of at least 4 members (excludes halogenated alkanes) is 1. The van der Waals surface area contributed by atoms with Crippen LogP contribution in [0.2, 0.25) is 0 Å². The van der Waals surface area contributed by atoms with Gasteiger partial charge < -0.3 is 0 Å². The van der Waals surface area contributed by atoms with Gasteiger partial charge in [0, 0.05) is 6.54 Å². The zero-order chi connectivity index (χ0) is 8.27. The van der Waals surface area contributed by atoms with Crippen LogP contribution >= 0.6 is 0 Å². The van der Waals surface area contributed by atoms with Crippen molar-refractivity contribution in [3.05, 3.63) is 0 Å². The molecule has 1 rings (SSSR count). The molecule has 0 aromatic heterocycles. The van der Waals surface area contributed by atoms with Gasteiger partial charge in [0.05, 0.1) is 0 Å². The zero-order valence-electron chi connectivity index (χ0n) is 6.28. The smallest absolute Gasteiger partial charge is 0.261 e. The van der Waals surface area contributed by atoms with Crippen LogP contribution in [0.25, 0.3) is 0 Å². The van der Waals surface area contributed by atoms with Crippen molar-refractivity contribution in [3.8, 4) is 0 Å². The van der Waals surface area contributed by atoms with E-state index in [-0.39, 0.29) is 0 Å². The SMILES string of the molecule is CCCCN1N=NC(=O)C1=O. The zero-order valence-corrected chi connectivity index (χ0v) is 6.28. The first kappa shape index (κ1) is 7.84. The Hall–Kier alpha value is -1.26. The lowest BCUT2D eigenvalue weighted by atomic mass is 10.3. The van der Waals surface area contributed by atoms with Crippen LogP contribution in [0.5, 0.6) is 0 Å². The van der Waals surface area contributed by atoms with Crippen molar-refractivity contribution in [2.24, 2.45) is 10.3 Å². The molecule has 5 nitrogen and oxygen atoms in total. The number of amides is 2. The summed E-state index contributed by atoms with van der Waals surface area (Å²) in [6.07, 6.45) is 1.81. The van der Waals surface area contributed by atoms with Gasteiger partial charge in [-0.1, -0.05) is 23.7 Å². The van der Waals surface area contributed by atoms with Crippen LogP contribution in [0.1, 0.15) is 19.8 Å². The third-order valence-corrected chi connectivity index (χ3v) is 1.38. The van der Waals surface area contributed by atoms with E-state index in [2.05, 4.69) is 10.3 Å². The van der Waals surface area contributed by atoms with Gasteiger partial charge in [0.25, 0.3) is 0 Å². The highest BCUT2D eigenvalue weighted by Gasteiger charge is 2.26. The van der Waals surface area contributed by atoms with Crippen molar-refractivity contribution in [1.82, 2.24) is 5.01 Å². The molecule has 0 fully saturated rings. The molecule has 0 unspecified atom stereocenters. The highest BCUT2D eigenvalue weighted by Crippen LogP contribution is 2.05. The molecular weight excluding hydrogens is 146 g/mol. The fourth-order valence-electron chi connectivity index (χ4n) is 0.743. The van der Waals surface area contributed by atoms with Crippen LogP contribution in [-0.4, -0.2) is 23.4 Å². The van der Waals surface area contributed by atoms with E-state index >= 15 is 0 Å². The Morgan fingerprint density at radius 2 is 2.18 bits per heavy atom. The molecular formula is C6H9N3O2. The minimum absolute atomic E-state index is 0.491. The lowest BCUT2D eigenvalue weighted by Crippen LogP contribution is -2.26. The van der Waals surface area contributed by atoms with Crippen LogP contribution in [0.3, 0.4) is 0 Å². The van der Waals surface area contributed by atoms with E-state index in [1.54, 1.807) is 0 Å². The molecule has 0 spiro atoms. The maximum atomic E-state index is 10.8. The van der Waals surface area contributed by atoms with Gasteiger partial charge in [-0.3, -0.25) is 9.59 Å². The van der Waals surface area contributed by atoms with E-state index in [0.29, 0.717) is 6.54 Å². The Kier molecular flexibility index (Phi) is 2.30. The normalized spacial score (nSPS) is 16.6. The van der Waals surface area contributed by atoms with Crippen LogP contribution in [-0.2, 0) is 9.59 Å². The summed E-state index contributed by atoms with van der Waals surface area (Å²) in [6, 6.07) is 0. The van der Waals surface area contributed by atoms with Gasteiger partial charge in [0.15, 0.2) is 0 Å². The van der Waals surface area contributed by atoms with Crippen LogP contribution in [0.4, 0.5) is 0 Å². The molecule has 1 heterocycles. The number of rotatable bonds is 3. The Morgan fingerprint density at radius 3 is 2.64 bits per heavy atom. The molecule has 0 aliphatic carbocycles. The fourth-order valence-corrected chi connectivity index (χ4v) is 0.743. The third-order valence-electron chi connectivity index (χ3n) is 1.38. The Balaban J connectivity index is 2.43. The molecule has 11 heavy (non-hydrogen) atoms. The molecule has 5 heteroatoms. The second kappa shape index (κ2) is 3.23. The predicted octanol–water partition coefficient (Wildman–Crippen LogP) is 0.523. The Morgan fingerprint density at radius 1 is 1.45 bits per heavy atom. The summed E-state index contributed by atoms with van der Waals surface area (Å²) in [5, 5.41) is 7.61. The van der Waals surface area contributed by atoms with Crippen LogP contribution in [0.15, 0.2) is 10.3 Å². The predicted molar refractivity (Wildman–Crippen MR) is 36.5 cm³/mol. The van der Waals surface area contributed by atoms with E-state index in [4.69, 9.17) is 0 Å². The van der Waals surface area contributed by atoms with Crippen molar-refractivity contribution in [2.75, 3.05) is 6.54 Å². The molecule has 0 atom stereocenters. The summed E-state index contributed by atoms with van der Waals surface area (Å²) in [4.78, 5) is 21.3. The summed E-state index contributed by atoms with van der Waals surface area (Å²) in [5.74, 6) is -1.38. The number of nitrogens with zero attached hydrogens (tertiary/aromatic N) is 3. The van der Waals surface area contributed by atoms with Gasteiger partial charge >= 0.3 is 11.8 Å². The van der Waals surface area contributed by atoms with E-state index in [9.17, 15) is 9.59 Å². The second-order valence-electron chi connectivity index (χ2n) is 2.28. The standard InChI is InChI=1S/C6H9N3O2/c1-2-3-4-9-6(11)5(10)7-8-9/h2-4H2,1H3. The number of hydrogen-bond acceptors (Lipinski definition) is 3. The first-order chi connectivity index (χ1) is 5.25.